The van der Waals surface area contributed by atoms with E-state index in [2.05, 4.69) is 15.4 Å². The number of methoxy groups -OCH3 is 1. The Bertz CT molecular complexity index is 509. The molecular formula is C21H38N2O6. The van der Waals surface area contributed by atoms with Crippen LogP contribution in [-0.2, 0) is 28.6 Å². The number of hydrogen-bond acceptors (Lipinski definition) is 6. The first kappa shape index (κ1) is 25.4. The number of amides is 2. The molecule has 0 radical (unpaired) electrons. The van der Waals surface area contributed by atoms with E-state index in [0.29, 0.717) is 25.9 Å². The lowest BCUT2D eigenvalue weighted by molar-refractivity contribution is -0.153. The number of unbranched alkanes of at least 4 members (excludes halogenated alkanes) is 7. The average molecular weight is 415 g/mol. The van der Waals surface area contributed by atoms with Crippen molar-refractivity contribution < 1.29 is 28.6 Å². The van der Waals surface area contributed by atoms with Gasteiger partial charge in [0.2, 0.25) is 5.91 Å². The minimum Gasteiger partial charge on any atom is -0.469 e. The molecule has 0 aromatic rings. The maximum Gasteiger partial charge on any atom is 0.305 e. The van der Waals surface area contributed by atoms with Crippen molar-refractivity contribution in [3.63, 3.8) is 0 Å². The number of rotatable bonds is 15. The van der Waals surface area contributed by atoms with Crippen LogP contribution in [0.4, 0.5) is 0 Å². The SMILES string of the molecule is COC(=O)CCCCCCCCCCC(=O)NCCNC(=O)[C@@H]1COC(C)(C)O1. The molecule has 8 nitrogen and oxygen atoms in total. The Morgan fingerprint density at radius 2 is 1.45 bits per heavy atom. The summed E-state index contributed by atoms with van der Waals surface area (Å²) in [6.07, 6.45) is 8.90. The normalized spacial score (nSPS) is 17.7. The molecule has 1 heterocycles. The largest absolute Gasteiger partial charge is 0.469 e. The van der Waals surface area contributed by atoms with E-state index in [1.807, 2.05) is 0 Å². The summed E-state index contributed by atoms with van der Waals surface area (Å²) in [5.74, 6) is -1.05. The zero-order valence-corrected chi connectivity index (χ0v) is 18.2. The second-order valence-corrected chi connectivity index (χ2v) is 7.86. The van der Waals surface area contributed by atoms with Gasteiger partial charge in [0.05, 0.1) is 13.7 Å². The second-order valence-electron chi connectivity index (χ2n) is 7.86. The van der Waals surface area contributed by atoms with E-state index < -0.39 is 11.9 Å². The molecule has 0 bridgehead atoms. The highest BCUT2D eigenvalue weighted by atomic mass is 16.7. The summed E-state index contributed by atoms with van der Waals surface area (Å²) in [6, 6.07) is 0. The van der Waals surface area contributed by atoms with Crippen LogP contribution in [0.25, 0.3) is 0 Å². The first-order chi connectivity index (χ1) is 13.8. The number of nitrogens with one attached hydrogen (secondary N) is 2. The van der Waals surface area contributed by atoms with Gasteiger partial charge in [-0.1, -0.05) is 38.5 Å². The molecule has 0 saturated carbocycles. The highest BCUT2D eigenvalue weighted by molar-refractivity contribution is 5.81. The van der Waals surface area contributed by atoms with E-state index in [4.69, 9.17) is 9.47 Å². The van der Waals surface area contributed by atoms with Crippen molar-refractivity contribution in [1.29, 1.82) is 0 Å². The fraction of sp³-hybridized carbons (Fsp3) is 0.857. The molecule has 8 heteroatoms. The van der Waals surface area contributed by atoms with Crippen LogP contribution >= 0.6 is 0 Å². The minimum atomic E-state index is -0.722. The highest BCUT2D eigenvalue weighted by Crippen LogP contribution is 2.22. The zero-order chi connectivity index (χ0) is 21.5. The maximum atomic E-state index is 11.9. The molecule has 0 aromatic heterocycles. The Morgan fingerprint density at radius 1 is 0.897 bits per heavy atom. The van der Waals surface area contributed by atoms with Crippen LogP contribution in [0, 0.1) is 0 Å². The molecule has 1 atom stereocenters. The Morgan fingerprint density at radius 3 is 2.00 bits per heavy atom. The van der Waals surface area contributed by atoms with Gasteiger partial charge in [-0.15, -0.1) is 0 Å². The summed E-state index contributed by atoms with van der Waals surface area (Å²) >= 11 is 0. The van der Waals surface area contributed by atoms with E-state index >= 15 is 0 Å². The first-order valence-electron chi connectivity index (χ1n) is 10.8. The van der Waals surface area contributed by atoms with Crippen LogP contribution in [0.1, 0.15) is 78.1 Å². The maximum absolute atomic E-state index is 11.9. The van der Waals surface area contributed by atoms with Gasteiger partial charge in [0.25, 0.3) is 5.91 Å². The van der Waals surface area contributed by atoms with Crippen LogP contribution in [0.15, 0.2) is 0 Å². The van der Waals surface area contributed by atoms with Crippen molar-refractivity contribution in [3.05, 3.63) is 0 Å². The Kier molecular flexibility index (Phi) is 12.5. The van der Waals surface area contributed by atoms with E-state index in [1.165, 1.54) is 13.5 Å². The summed E-state index contributed by atoms with van der Waals surface area (Å²) in [5, 5.41) is 5.57. The van der Waals surface area contributed by atoms with Gasteiger partial charge in [0, 0.05) is 25.9 Å². The molecular weight excluding hydrogens is 376 g/mol. The summed E-state index contributed by atoms with van der Waals surface area (Å²) in [4.78, 5) is 34.7. The van der Waals surface area contributed by atoms with Crippen LogP contribution in [0.5, 0.6) is 0 Å². The van der Waals surface area contributed by atoms with Crippen LogP contribution in [0.2, 0.25) is 0 Å². The average Bonchev–Trinajstić information content (AvgIpc) is 3.06. The third-order valence-corrected chi connectivity index (χ3v) is 4.81. The fourth-order valence-electron chi connectivity index (χ4n) is 3.12. The molecule has 1 fully saturated rings. The van der Waals surface area contributed by atoms with E-state index in [9.17, 15) is 14.4 Å². The van der Waals surface area contributed by atoms with Crippen LogP contribution < -0.4 is 10.6 Å². The highest BCUT2D eigenvalue weighted by Gasteiger charge is 2.36. The van der Waals surface area contributed by atoms with E-state index in [0.717, 1.165) is 44.9 Å². The Hall–Kier alpha value is -1.67. The lowest BCUT2D eigenvalue weighted by Gasteiger charge is -2.16. The topological polar surface area (TPSA) is 103 Å². The van der Waals surface area contributed by atoms with Gasteiger partial charge in [0.1, 0.15) is 0 Å². The van der Waals surface area contributed by atoms with Crippen molar-refractivity contribution in [2.75, 3.05) is 26.8 Å². The van der Waals surface area contributed by atoms with Crippen molar-refractivity contribution >= 4 is 17.8 Å². The summed E-state index contributed by atoms with van der Waals surface area (Å²) < 4.78 is 15.4. The summed E-state index contributed by atoms with van der Waals surface area (Å²) in [5.41, 5.74) is 0. The number of carbonyl (C=O) groups is 3. The van der Waals surface area contributed by atoms with Gasteiger partial charge in [-0.25, -0.2) is 0 Å². The molecule has 1 aliphatic rings. The predicted octanol–water partition coefficient (Wildman–Crippen LogP) is 2.44. The molecule has 0 aliphatic carbocycles. The van der Waals surface area contributed by atoms with Gasteiger partial charge in [-0.3, -0.25) is 14.4 Å². The molecule has 1 aliphatic heterocycles. The molecule has 0 unspecified atom stereocenters. The van der Waals surface area contributed by atoms with Crippen molar-refractivity contribution in [1.82, 2.24) is 10.6 Å². The smallest absolute Gasteiger partial charge is 0.305 e. The number of ether oxygens (including phenoxy) is 3. The molecule has 1 rings (SSSR count). The molecule has 1 saturated heterocycles. The Balaban J connectivity index is 1.87. The summed E-state index contributed by atoms with van der Waals surface area (Å²) in [7, 11) is 1.42. The standard InChI is InChI=1S/C21H38N2O6/c1-21(2)28-16-17(29-21)20(26)23-15-14-22-18(24)12-10-8-6-4-5-7-9-11-13-19(25)27-3/h17H,4-16H2,1-3H3,(H,22,24)(H,23,26)/t17-/m0/s1. The number of carbonyl (C=O) groups excluding carboxylic acids is 3. The predicted molar refractivity (Wildman–Crippen MR) is 109 cm³/mol. The Labute approximate surface area is 174 Å². The van der Waals surface area contributed by atoms with Crippen LogP contribution in [-0.4, -0.2) is 56.5 Å². The molecule has 29 heavy (non-hydrogen) atoms. The minimum absolute atomic E-state index is 0.0173. The third-order valence-electron chi connectivity index (χ3n) is 4.81. The van der Waals surface area contributed by atoms with E-state index in [1.54, 1.807) is 13.8 Å². The van der Waals surface area contributed by atoms with Gasteiger partial charge < -0.3 is 24.8 Å². The van der Waals surface area contributed by atoms with Crippen molar-refractivity contribution in [2.45, 2.75) is 89.9 Å². The molecule has 2 amide bonds. The molecule has 0 spiro atoms. The second kappa shape index (κ2) is 14.3. The zero-order valence-electron chi connectivity index (χ0n) is 18.2. The lowest BCUT2D eigenvalue weighted by Crippen LogP contribution is -2.41. The van der Waals surface area contributed by atoms with Gasteiger partial charge in [-0.2, -0.15) is 0 Å². The number of hydrogen-bond donors (Lipinski definition) is 2. The molecule has 0 aromatic carbocycles. The summed E-state index contributed by atoms with van der Waals surface area (Å²) in [6.45, 7) is 4.58. The van der Waals surface area contributed by atoms with Gasteiger partial charge in [0.15, 0.2) is 11.9 Å². The van der Waals surface area contributed by atoms with Crippen molar-refractivity contribution in [3.8, 4) is 0 Å². The first-order valence-corrected chi connectivity index (χ1v) is 10.8. The van der Waals surface area contributed by atoms with E-state index in [-0.39, 0.29) is 24.4 Å². The molecule has 168 valence electrons. The quantitative estimate of drug-likeness (QED) is 0.315. The van der Waals surface area contributed by atoms with Crippen LogP contribution in [0.3, 0.4) is 0 Å². The van der Waals surface area contributed by atoms with Crippen molar-refractivity contribution in [2.24, 2.45) is 0 Å². The van der Waals surface area contributed by atoms with Gasteiger partial charge in [-0.05, 0) is 26.7 Å². The molecule has 2 N–H and O–H groups in total. The number of esters is 1. The fourth-order valence-corrected chi connectivity index (χ4v) is 3.12. The monoisotopic (exact) mass is 414 g/mol. The third kappa shape index (κ3) is 12.5. The van der Waals surface area contributed by atoms with Gasteiger partial charge >= 0.3 is 5.97 Å². The lowest BCUT2D eigenvalue weighted by atomic mass is 10.1.